The Bertz CT molecular complexity index is 459. The third kappa shape index (κ3) is 3.86. The fraction of sp³-hybridized carbons (Fsp3) is 0.500. The number of nitrogens with zero attached hydrogens (tertiary/aromatic N) is 2. The van der Waals surface area contributed by atoms with Crippen LogP contribution in [0.15, 0.2) is 18.3 Å². The van der Waals surface area contributed by atoms with E-state index in [0.717, 1.165) is 5.69 Å². The number of sulfonamides is 1. The number of aromatic nitrogens is 1. The molecule has 0 fully saturated rings. The first-order valence-electron chi connectivity index (χ1n) is 5.24. The van der Waals surface area contributed by atoms with Crippen molar-refractivity contribution in [2.75, 3.05) is 44.1 Å². The van der Waals surface area contributed by atoms with Crippen molar-refractivity contribution in [3.05, 3.63) is 18.3 Å². The molecule has 0 atom stereocenters. The third-order valence-electron chi connectivity index (χ3n) is 2.28. The molecule has 0 aliphatic rings. The molecular formula is C10H18N4O2S. The van der Waals surface area contributed by atoms with Crippen molar-refractivity contribution in [3.63, 3.8) is 0 Å². The van der Waals surface area contributed by atoms with E-state index in [9.17, 15) is 8.42 Å². The van der Waals surface area contributed by atoms with Crippen LogP contribution in [0.2, 0.25) is 0 Å². The van der Waals surface area contributed by atoms with Gasteiger partial charge in [0.15, 0.2) is 0 Å². The summed E-state index contributed by atoms with van der Waals surface area (Å²) in [4.78, 5) is 4.11. The van der Waals surface area contributed by atoms with Gasteiger partial charge in [0.25, 0.3) is 0 Å². The lowest BCUT2D eigenvalue weighted by Gasteiger charge is -2.13. The van der Waals surface area contributed by atoms with Crippen molar-refractivity contribution < 1.29 is 8.42 Å². The van der Waals surface area contributed by atoms with Crippen LogP contribution >= 0.6 is 0 Å². The van der Waals surface area contributed by atoms with Gasteiger partial charge in [-0.15, -0.1) is 0 Å². The zero-order chi connectivity index (χ0) is 12.9. The average Bonchev–Trinajstić information content (AvgIpc) is 2.29. The minimum atomic E-state index is -3.16. The van der Waals surface area contributed by atoms with Crippen molar-refractivity contribution in [2.24, 2.45) is 0 Å². The van der Waals surface area contributed by atoms with Crippen LogP contribution in [0.3, 0.4) is 0 Å². The highest BCUT2D eigenvalue weighted by molar-refractivity contribution is 7.89. The quantitative estimate of drug-likeness (QED) is 0.774. The van der Waals surface area contributed by atoms with Crippen molar-refractivity contribution >= 4 is 21.5 Å². The molecule has 7 heteroatoms. The zero-order valence-electron chi connectivity index (χ0n) is 10.3. The van der Waals surface area contributed by atoms with Gasteiger partial charge < -0.3 is 10.6 Å². The first-order valence-corrected chi connectivity index (χ1v) is 6.85. The lowest BCUT2D eigenvalue weighted by atomic mass is 10.4. The van der Waals surface area contributed by atoms with Crippen LogP contribution in [0.4, 0.5) is 11.5 Å². The van der Waals surface area contributed by atoms with E-state index in [1.165, 1.54) is 18.4 Å². The van der Waals surface area contributed by atoms with E-state index in [0.29, 0.717) is 12.4 Å². The van der Waals surface area contributed by atoms with Crippen LogP contribution in [0.1, 0.15) is 0 Å². The standard InChI is InChI=1S/C10H18N4O2S/c1-11-10-9(5-4-6-13-10)12-7-8-17(15,16)14(2)3/h4-6,12H,7-8H2,1-3H3,(H,11,13). The zero-order valence-corrected chi connectivity index (χ0v) is 11.1. The summed E-state index contributed by atoms with van der Waals surface area (Å²) in [6.45, 7) is 0.348. The fourth-order valence-corrected chi connectivity index (χ4v) is 1.97. The van der Waals surface area contributed by atoms with E-state index < -0.39 is 10.0 Å². The molecule has 0 saturated carbocycles. The Balaban J connectivity index is 2.57. The summed E-state index contributed by atoms with van der Waals surface area (Å²) >= 11 is 0. The summed E-state index contributed by atoms with van der Waals surface area (Å²) in [6.07, 6.45) is 1.67. The van der Waals surface area contributed by atoms with Gasteiger partial charge in [0, 0.05) is 33.9 Å². The van der Waals surface area contributed by atoms with Crippen LogP contribution in [0.5, 0.6) is 0 Å². The highest BCUT2D eigenvalue weighted by Gasteiger charge is 2.12. The summed E-state index contributed by atoms with van der Waals surface area (Å²) in [5.74, 6) is 0.757. The molecule has 0 amide bonds. The van der Waals surface area contributed by atoms with Crippen LogP contribution in [-0.2, 0) is 10.0 Å². The van der Waals surface area contributed by atoms with Gasteiger partial charge in [-0.05, 0) is 12.1 Å². The molecule has 1 aromatic heterocycles. The summed E-state index contributed by atoms with van der Waals surface area (Å²) in [6, 6.07) is 3.64. The molecule has 0 aromatic carbocycles. The predicted molar refractivity (Wildman–Crippen MR) is 69.7 cm³/mol. The summed E-state index contributed by atoms with van der Waals surface area (Å²) < 4.78 is 24.3. The smallest absolute Gasteiger partial charge is 0.215 e. The monoisotopic (exact) mass is 258 g/mol. The molecule has 0 aliphatic heterocycles. The second-order valence-corrected chi connectivity index (χ2v) is 5.98. The van der Waals surface area contributed by atoms with E-state index >= 15 is 0 Å². The number of rotatable bonds is 6. The largest absolute Gasteiger partial charge is 0.381 e. The average molecular weight is 258 g/mol. The Morgan fingerprint density at radius 3 is 2.71 bits per heavy atom. The van der Waals surface area contributed by atoms with Gasteiger partial charge in [0.05, 0.1) is 11.4 Å². The maximum Gasteiger partial charge on any atom is 0.215 e. The maximum atomic E-state index is 11.5. The first kappa shape index (κ1) is 13.7. The molecule has 0 saturated heterocycles. The molecule has 1 aromatic rings. The first-order chi connectivity index (χ1) is 7.97. The minimum Gasteiger partial charge on any atom is -0.381 e. The molecule has 17 heavy (non-hydrogen) atoms. The lowest BCUT2D eigenvalue weighted by molar-refractivity contribution is 0.521. The Labute approximate surface area is 102 Å². The highest BCUT2D eigenvalue weighted by atomic mass is 32.2. The molecule has 1 heterocycles. The Morgan fingerprint density at radius 1 is 1.41 bits per heavy atom. The van der Waals surface area contributed by atoms with Gasteiger partial charge in [-0.25, -0.2) is 17.7 Å². The molecular weight excluding hydrogens is 240 g/mol. The van der Waals surface area contributed by atoms with E-state index in [4.69, 9.17) is 0 Å². The summed E-state index contributed by atoms with van der Waals surface area (Å²) in [5.41, 5.74) is 0.795. The normalized spacial score (nSPS) is 11.5. The second kappa shape index (κ2) is 5.83. The predicted octanol–water partition coefficient (Wildman–Crippen LogP) is 0.427. The van der Waals surface area contributed by atoms with Gasteiger partial charge in [-0.1, -0.05) is 0 Å². The van der Waals surface area contributed by atoms with Gasteiger partial charge in [-0.3, -0.25) is 0 Å². The topological polar surface area (TPSA) is 74.3 Å². The van der Waals surface area contributed by atoms with Crippen molar-refractivity contribution in [1.29, 1.82) is 0 Å². The van der Waals surface area contributed by atoms with E-state index in [1.807, 2.05) is 6.07 Å². The van der Waals surface area contributed by atoms with E-state index in [2.05, 4.69) is 15.6 Å². The maximum absolute atomic E-state index is 11.5. The molecule has 0 radical (unpaired) electrons. The molecule has 0 bridgehead atoms. The molecule has 0 aliphatic carbocycles. The van der Waals surface area contributed by atoms with Crippen LogP contribution in [0, 0.1) is 0 Å². The molecule has 6 nitrogen and oxygen atoms in total. The van der Waals surface area contributed by atoms with Crippen LogP contribution in [-0.4, -0.2) is 51.1 Å². The van der Waals surface area contributed by atoms with E-state index in [1.54, 1.807) is 19.3 Å². The second-order valence-electron chi connectivity index (χ2n) is 3.67. The lowest BCUT2D eigenvalue weighted by Crippen LogP contribution is -2.28. The van der Waals surface area contributed by atoms with Crippen molar-refractivity contribution in [1.82, 2.24) is 9.29 Å². The number of pyridine rings is 1. The Morgan fingerprint density at radius 2 is 2.12 bits per heavy atom. The fourth-order valence-electron chi connectivity index (χ4n) is 1.24. The Hall–Kier alpha value is -1.34. The number of nitrogens with one attached hydrogen (secondary N) is 2. The van der Waals surface area contributed by atoms with Gasteiger partial charge in [0.1, 0.15) is 5.82 Å². The Kier molecular flexibility index (Phi) is 4.71. The number of hydrogen-bond acceptors (Lipinski definition) is 5. The molecule has 0 unspecified atom stereocenters. The molecule has 2 N–H and O–H groups in total. The highest BCUT2D eigenvalue weighted by Crippen LogP contribution is 2.16. The van der Waals surface area contributed by atoms with Gasteiger partial charge >= 0.3 is 0 Å². The minimum absolute atomic E-state index is 0.0536. The molecule has 1 rings (SSSR count). The third-order valence-corrected chi connectivity index (χ3v) is 4.11. The number of anilines is 2. The van der Waals surface area contributed by atoms with Crippen LogP contribution < -0.4 is 10.6 Å². The summed E-state index contributed by atoms with van der Waals surface area (Å²) in [7, 11) is 1.66. The number of hydrogen-bond donors (Lipinski definition) is 2. The SMILES string of the molecule is CNc1ncccc1NCCS(=O)(=O)N(C)C. The van der Waals surface area contributed by atoms with Crippen LogP contribution in [0.25, 0.3) is 0 Å². The van der Waals surface area contributed by atoms with E-state index in [-0.39, 0.29) is 5.75 Å². The van der Waals surface area contributed by atoms with Crippen molar-refractivity contribution in [2.45, 2.75) is 0 Å². The van der Waals surface area contributed by atoms with Crippen molar-refractivity contribution in [3.8, 4) is 0 Å². The van der Waals surface area contributed by atoms with Gasteiger partial charge in [0.2, 0.25) is 10.0 Å². The molecule has 0 spiro atoms. The summed E-state index contributed by atoms with van der Waals surface area (Å²) in [5, 5.41) is 5.98. The van der Waals surface area contributed by atoms with Gasteiger partial charge in [-0.2, -0.15) is 0 Å². The molecule has 96 valence electrons.